The second kappa shape index (κ2) is 7.30. The second-order valence-corrected chi connectivity index (χ2v) is 4.83. The van der Waals surface area contributed by atoms with Gasteiger partial charge in [-0.3, -0.25) is 9.59 Å². The number of likely N-dealkylation sites (tertiary alicyclic amines) is 1. The number of carbonyl (C=O) groups excluding carboxylic acids is 2. The third-order valence-corrected chi connectivity index (χ3v) is 3.25. The van der Waals surface area contributed by atoms with Gasteiger partial charge in [-0.05, 0) is 25.7 Å². The molecule has 0 aromatic heterocycles. The molecule has 1 unspecified atom stereocenters. The zero-order valence-electron chi connectivity index (χ0n) is 11.0. The smallest absolute Gasteiger partial charge is 0.244 e. The van der Waals surface area contributed by atoms with E-state index in [-0.39, 0.29) is 17.9 Å². The van der Waals surface area contributed by atoms with Crippen molar-refractivity contribution in [2.45, 2.75) is 57.9 Å². The molecule has 2 amide bonds. The van der Waals surface area contributed by atoms with Crippen LogP contribution in [0.3, 0.4) is 0 Å². The van der Waals surface area contributed by atoms with Gasteiger partial charge in [0.15, 0.2) is 0 Å². The van der Waals surface area contributed by atoms with E-state index in [1.165, 1.54) is 0 Å². The quantitative estimate of drug-likeness (QED) is 0.743. The lowest BCUT2D eigenvalue weighted by atomic mass is 10.1. The van der Waals surface area contributed by atoms with Crippen LogP contribution >= 0.6 is 0 Å². The summed E-state index contributed by atoms with van der Waals surface area (Å²) in [5.41, 5.74) is 0. The van der Waals surface area contributed by atoms with E-state index in [4.69, 9.17) is 0 Å². The highest BCUT2D eigenvalue weighted by Gasteiger charge is 2.25. The molecular weight excluding hydrogens is 216 g/mol. The van der Waals surface area contributed by atoms with Crippen LogP contribution < -0.4 is 5.32 Å². The molecule has 1 fully saturated rings. The number of unbranched alkanes of at least 4 members (excludes halogenated alkanes) is 2. The lowest BCUT2D eigenvalue weighted by molar-refractivity contribution is -0.134. The molecule has 1 rings (SSSR count). The molecule has 1 saturated heterocycles. The zero-order chi connectivity index (χ0) is 12.7. The molecular formula is C13H24N2O2. The Morgan fingerprint density at radius 3 is 2.88 bits per heavy atom. The van der Waals surface area contributed by atoms with Gasteiger partial charge in [0.05, 0.1) is 0 Å². The van der Waals surface area contributed by atoms with Gasteiger partial charge in [-0.25, -0.2) is 0 Å². The first kappa shape index (κ1) is 14.0. The summed E-state index contributed by atoms with van der Waals surface area (Å²) in [5, 5.41) is 2.87. The molecule has 1 heterocycles. The van der Waals surface area contributed by atoms with E-state index in [2.05, 4.69) is 12.2 Å². The van der Waals surface area contributed by atoms with Crippen molar-refractivity contribution in [3.63, 3.8) is 0 Å². The number of hydrogen-bond donors (Lipinski definition) is 1. The molecule has 1 aliphatic heterocycles. The van der Waals surface area contributed by atoms with Crippen molar-refractivity contribution < 1.29 is 9.59 Å². The van der Waals surface area contributed by atoms with Gasteiger partial charge >= 0.3 is 0 Å². The molecule has 0 bridgehead atoms. The summed E-state index contributed by atoms with van der Waals surface area (Å²) >= 11 is 0. The standard InChI is InChI=1S/C13H24N2O2/c1-3-4-5-9-12(16)14-11-8-6-7-10-15(2)13(11)17/h11H,3-10H2,1-2H3,(H,14,16). The van der Waals surface area contributed by atoms with Crippen LogP contribution in [0.15, 0.2) is 0 Å². The van der Waals surface area contributed by atoms with Crippen molar-refractivity contribution in [3.8, 4) is 0 Å². The molecule has 0 spiro atoms. The Morgan fingerprint density at radius 2 is 2.18 bits per heavy atom. The lowest BCUT2D eigenvalue weighted by Gasteiger charge is -2.20. The Morgan fingerprint density at radius 1 is 1.41 bits per heavy atom. The van der Waals surface area contributed by atoms with Crippen molar-refractivity contribution in [1.29, 1.82) is 0 Å². The van der Waals surface area contributed by atoms with Gasteiger partial charge < -0.3 is 10.2 Å². The number of rotatable bonds is 5. The van der Waals surface area contributed by atoms with Crippen LogP contribution in [0.25, 0.3) is 0 Å². The summed E-state index contributed by atoms with van der Waals surface area (Å²) in [6.45, 7) is 2.92. The Hall–Kier alpha value is -1.06. The van der Waals surface area contributed by atoms with Crippen LogP contribution in [0.1, 0.15) is 51.9 Å². The second-order valence-electron chi connectivity index (χ2n) is 4.83. The average molecular weight is 240 g/mol. The highest BCUT2D eigenvalue weighted by molar-refractivity contribution is 5.87. The summed E-state index contributed by atoms with van der Waals surface area (Å²) in [5.74, 6) is 0.0819. The van der Waals surface area contributed by atoms with Crippen LogP contribution in [0, 0.1) is 0 Å². The molecule has 98 valence electrons. The van der Waals surface area contributed by atoms with E-state index >= 15 is 0 Å². The fraction of sp³-hybridized carbons (Fsp3) is 0.846. The van der Waals surface area contributed by atoms with Crippen molar-refractivity contribution in [2.75, 3.05) is 13.6 Å². The van der Waals surface area contributed by atoms with E-state index in [1.54, 1.807) is 4.90 Å². The molecule has 1 atom stereocenters. The summed E-state index contributed by atoms with van der Waals surface area (Å²) < 4.78 is 0. The molecule has 0 aromatic rings. The highest BCUT2D eigenvalue weighted by atomic mass is 16.2. The summed E-state index contributed by atoms with van der Waals surface area (Å²) in [4.78, 5) is 25.3. The van der Waals surface area contributed by atoms with E-state index in [9.17, 15) is 9.59 Å². The highest BCUT2D eigenvalue weighted by Crippen LogP contribution is 2.11. The fourth-order valence-electron chi connectivity index (χ4n) is 2.13. The fourth-order valence-corrected chi connectivity index (χ4v) is 2.13. The van der Waals surface area contributed by atoms with Crippen LogP contribution in [0.2, 0.25) is 0 Å². The lowest BCUT2D eigenvalue weighted by Crippen LogP contribution is -2.46. The minimum absolute atomic E-state index is 0.0205. The summed E-state index contributed by atoms with van der Waals surface area (Å²) in [7, 11) is 1.81. The van der Waals surface area contributed by atoms with E-state index in [1.807, 2.05) is 7.05 Å². The zero-order valence-corrected chi connectivity index (χ0v) is 11.0. The predicted octanol–water partition coefficient (Wildman–Crippen LogP) is 1.69. The van der Waals surface area contributed by atoms with Crippen LogP contribution in [0.5, 0.6) is 0 Å². The van der Waals surface area contributed by atoms with E-state index in [0.717, 1.165) is 45.1 Å². The van der Waals surface area contributed by atoms with Gasteiger partial charge in [-0.2, -0.15) is 0 Å². The number of amides is 2. The van der Waals surface area contributed by atoms with Gasteiger partial charge in [-0.1, -0.05) is 19.8 Å². The molecule has 4 nitrogen and oxygen atoms in total. The van der Waals surface area contributed by atoms with Crippen molar-refractivity contribution in [1.82, 2.24) is 10.2 Å². The van der Waals surface area contributed by atoms with Crippen LogP contribution in [-0.2, 0) is 9.59 Å². The van der Waals surface area contributed by atoms with E-state index < -0.39 is 0 Å². The van der Waals surface area contributed by atoms with Gasteiger partial charge in [0, 0.05) is 20.0 Å². The van der Waals surface area contributed by atoms with Crippen molar-refractivity contribution in [2.24, 2.45) is 0 Å². The topological polar surface area (TPSA) is 49.4 Å². The Bertz CT molecular complexity index is 266. The minimum atomic E-state index is -0.295. The predicted molar refractivity (Wildman–Crippen MR) is 67.6 cm³/mol. The van der Waals surface area contributed by atoms with Gasteiger partial charge in [0.1, 0.15) is 6.04 Å². The third kappa shape index (κ3) is 4.75. The monoisotopic (exact) mass is 240 g/mol. The minimum Gasteiger partial charge on any atom is -0.344 e. The van der Waals surface area contributed by atoms with Gasteiger partial charge in [0.25, 0.3) is 0 Å². The summed E-state index contributed by atoms with van der Waals surface area (Å²) in [6, 6.07) is -0.295. The van der Waals surface area contributed by atoms with Gasteiger partial charge in [0.2, 0.25) is 11.8 Å². The SMILES string of the molecule is CCCCCC(=O)NC1CCCCN(C)C1=O. The Balaban J connectivity index is 2.37. The number of likely N-dealkylation sites (N-methyl/N-ethyl adjacent to an activating group) is 1. The number of nitrogens with one attached hydrogen (secondary N) is 1. The molecule has 17 heavy (non-hydrogen) atoms. The molecule has 1 aliphatic rings. The first-order chi connectivity index (χ1) is 8.15. The normalized spacial score (nSPS) is 21.2. The number of carbonyl (C=O) groups is 2. The average Bonchev–Trinajstić information content (AvgIpc) is 2.45. The first-order valence-corrected chi connectivity index (χ1v) is 6.69. The number of nitrogens with zero attached hydrogens (tertiary/aromatic N) is 1. The van der Waals surface area contributed by atoms with Crippen LogP contribution in [0.4, 0.5) is 0 Å². The maximum atomic E-state index is 11.9. The number of hydrogen-bond acceptors (Lipinski definition) is 2. The van der Waals surface area contributed by atoms with Crippen LogP contribution in [-0.4, -0.2) is 36.3 Å². The maximum Gasteiger partial charge on any atom is 0.244 e. The van der Waals surface area contributed by atoms with Crippen molar-refractivity contribution >= 4 is 11.8 Å². The largest absolute Gasteiger partial charge is 0.344 e. The molecule has 0 saturated carbocycles. The Kier molecular flexibility index (Phi) is 6.01. The molecule has 0 aliphatic carbocycles. The molecule has 0 aromatic carbocycles. The first-order valence-electron chi connectivity index (χ1n) is 6.69. The summed E-state index contributed by atoms with van der Waals surface area (Å²) in [6.07, 6.45) is 6.47. The molecule has 0 radical (unpaired) electrons. The molecule has 1 N–H and O–H groups in total. The molecule has 4 heteroatoms. The Labute approximate surface area is 104 Å². The van der Waals surface area contributed by atoms with Gasteiger partial charge in [-0.15, -0.1) is 0 Å². The van der Waals surface area contributed by atoms with E-state index in [0.29, 0.717) is 6.42 Å². The third-order valence-electron chi connectivity index (χ3n) is 3.25. The maximum absolute atomic E-state index is 11.9. The van der Waals surface area contributed by atoms with Crippen molar-refractivity contribution in [3.05, 3.63) is 0 Å².